The number of rotatable bonds is 5. The molecule has 9 heteroatoms. The third-order valence-corrected chi connectivity index (χ3v) is 3.66. The lowest BCUT2D eigenvalue weighted by atomic mass is 10.1. The molecule has 2 heterocycles. The van der Waals surface area contributed by atoms with Gasteiger partial charge in [0.15, 0.2) is 5.82 Å². The van der Waals surface area contributed by atoms with E-state index in [0.717, 1.165) is 11.6 Å². The summed E-state index contributed by atoms with van der Waals surface area (Å²) in [6.07, 6.45) is 4.97. The number of nitrogens with zero attached hydrogens (tertiary/aromatic N) is 4. The minimum atomic E-state index is -0.639. The van der Waals surface area contributed by atoms with E-state index in [9.17, 15) is 14.9 Å². The maximum absolute atomic E-state index is 12.4. The summed E-state index contributed by atoms with van der Waals surface area (Å²) in [6, 6.07) is 9.19. The van der Waals surface area contributed by atoms with Crippen LogP contribution < -0.4 is 5.32 Å². The Hall–Kier alpha value is -3.26. The predicted octanol–water partition coefficient (Wildman–Crippen LogP) is 2.76. The predicted molar refractivity (Wildman–Crippen MR) is 90.6 cm³/mol. The van der Waals surface area contributed by atoms with Crippen LogP contribution in [0.4, 0.5) is 5.69 Å². The number of hydrogen-bond donors (Lipinski definition) is 1. The maximum atomic E-state index is 12.4. The van der Waals surface area contributed by atoms with Crippen LogP contribution in [0.25, 0.3) is 5.82 Å². The van der Waals surface area contributed by atoms with Crippen molar-refractivity contribution >= 4 is 23.2 Å². The lowest BCUT2D eigenvalue weighted by Crippen LogP contribution is -2.24. The first-order valence-corrected chi connectivity index (χ1v) is 7.60. The fraction of sp³-hybridized carbons (Fsp3) is 0.0625. The molecule has 1 N–H and O–H groups in total. The lowest BCUT2D eigenvalue weighted by molar-refractivity contribution is -0.385. The van der Waals surface area contributed by atoms with Crippen LogP contribution in [0, 0.1) is 10.1 Å². The number of hydrogen-bond acceptors (Lipinski definition) is 5. The van der Waals surface area contributed by atoms with E-state index < -0.39 is 10.8 Å². The number of nitrogens with one attached hydrogen (secondary N) is 1. The lowest BCUT2D eigenvalue weighted by Gasteiger charge is -2.10. The number of amides is 1. The Kier molecular flexibility index (Phi) is 4.71. The van der Waals surface area contributed by atoms with Gasteiger partial charge in [-0.3, -0.25) is 14.9 Å². The average molecular weight is 358 g/mol. The van der Waals surface area contributed by atoms with Crippen molar-refractivity contribution in [1.82, 2.24) is 20.1 Å². The summed E-state index contributed by atoms with van der Waals surface area (Å²) in [5, 5.41) is 18.1. The Morgan fingerprint density at radius 1 is 1.28 bits per heavy atom. The molecule has 0 unspecified atom stereocenters. The first-order valence-electron chi connectivity index (χ1n) is 7.22. The molecule has 0 atom stereocenters. The molecule has 0 bridgehead atoms. The van der Waals surface area contributed by atoms with Gasteiger partial charge in [0.2, 0.25) is 0 Å². The van der Waals surface area contributed by atoms with Crippen molar-refractivity contribution in [2.24, 2.45) is 0 Å². The van der Waals surface area contributed by atoms with Gasteiger partial charge in [0.05, 0.1) is 4.92 Å². The second-order valence-corrected chi connectivity index (χ2v) is 5.47. The Labute approximate surface area is 147 Å². The molecular weight excluding hydrogens is 346 g/mol. The number of nitro groups is 1. The van der Waals surface area contributed by atoms with Crippen molar-refractivity contribution in [3.05, 3.63) is 81.3 Å². The smallest absolute Gasteiger partial charge is 0.283 e. The minimum absolute atomic E-state index is 0.0565. The molecule has 3 aromatic rings. The van der Waals surface area contributed by atoms with Crippen LogP contribution >= 0.6 is 11.6 Å². The van der Waals surface area contributed by atoms with Gasteiger partial charge in [0.1, 0.15) is 5.56 Å². The highest BCUT2D eigenvalue weighted by molar-refractivity contribution is 6.31. The van der Waals surface area contributed by atoms with Gasteiger partial charge >= 0.3 is 0 Å². The SMILES string of the molecule is O=C(NCc1cccnc1-n1cccn1)c1ccc(Cl)cc1[N+](=O)[O-]. The highest BCUT2D eigenvalue weighted by atomic mass is 35.5. The third-order valence-electron chi connectivity index (χ3n) is 3.43. The Morgan fingerprint density at radius 3 is 2.84 bits per heavy atom. The first kappa shape index (κ1) is 16.6. The molecule has 0 aliphatic carbocycles. The molecule has 8 nitrogen and oxygen atoms in total. The van der Waals surface area contributed by atoms with E-state index >= 15 is 0 Å². The number of carbonyl (C=O) groups excluding carboxylic acids is 1. The molecule has 126 valence electrons. The van der Waals surface area contributed by atoms with Crippen LogP contribution in [0.5, 0.6) is 0 Å². The van der Waals surface area contributed by atoms with Gasteiger partial charge in [-0.1, -0.05) is 17.7 Å². The zero-order valence-electron chi connectivity index (χ0n) is 12.8. The highest BCUT2D eigenvalue weighted by Gasteiger charge is 2.20. The number of aromatic nitrogens is 3. The molecule has 0 aliphatic rings. The maximum Gasteiger partial charge on any atom is 0.283 e. The van der Waals surface area contributed by atoms with Gasteiger partial charge < -0.3 is 5.32 Å². The molecule has 0 spiro atoms. The van der Waals surface area contributed by atoms with Crippen molar-refractivity contribution in [1.29, 1.82) is 0 Å². The molecular formula is C16H12ClN5O3. The van der Waals surface area contributed by atoms with Crippen molar-refractivity contribution < 1.29 is 9.72 Å². The highest BCUT2D eigenvalue weighted by Crippen LogP contribution is 2.23. The molecule has 1 aromatic carbocycles. The van der Waals surface area contributed by atoms with Crippen molar-refractivity contribution in [2.45, 2.75) is 6.54 Å². The summed E-state index contributed by atoms with van der Waals surface area (Å²) in [5.41, 5.74) is 0.318. The summed E-state index contributed by atoms with van der Waals surface area (Å²) in [4.78, 5) is 27.1. The minimum Gasteiger partial charge on any atom is -0.348 e. The zero-order valence-corrected chi connectivity index (χ0v) is 13.6. The van der Waals surface area contributed by atoms with E-state index in [1.165, 1.54) is 12.1 Å². The molecule has 0 radical (unpaired) electrons. The van der Waals surface area contributed by atoms with Crippen molar-refractivity contribution in [2.75, 3.05) is 0 Å². The van der Waals surface area contributed by atoms with Crippen molar-refractivity contribution in [3.8, 4) is 5.82 Å². The summed E-state index contributed by atoms with van der Waals surface area (Å²) in [7, 11) is 0. The zero-order chi connectivity index (χ0) is 17.8. The molecule has 0 saturated heterocycles. The van der Waals surface area contributed by atoms with E-state index in [4.69, 9.17) is 11.6 Å². The Morgan fingerprint density at radius 2 is 2.12 bits per heavy atom. The van der Waals surface area contributed by atoms with Gasteiger partial charge in [-0.2, -0.15) is 5.10 Å². The summed E-state index contributed by atoms with van der Waals surface area (Å²) in [5.74, 6) is -0.00274. The van der Waals surface area contributed by atoms with Crippen molar-refractivity contribution in [3.63, 3.8) is 0 Å². The van der Waals surface area contributed by atoms with Crippen LogP contribution in [0.3, 0.4) is 0 Å². The van der Waals surface area contributed by atoms with Crippen LogP contribution in [0.2, 0.25) is 5.02 Å². The molecule has 0 aliphatic heterocycles. The fourth-order valence-electron chi connectivity index (χ4n) is 2.29. The van der Waals surface area contributed by atoms with Crippen LogP contribution in [-0.4, -0.2) is 25.6 Å². The van der Waals surface area contributed by atoms with E-state index in [2.05, 4.69) is 15.4 Å². The van der Waals surface area contributed by atoms with Crippen LogP contribution in [0.15, 0.2) is 55.0 Å². The standard InChI is InChI=1S/C16H12ClN5O3/c17-12-4-5-13(14(9-12)22(24)25)16(23)19-10-11-3-1-6-18-15(11)21-8-2-7-20-21/h1-9H,10H2,(H,19,23). The molecule has 3 rings (SSSR count). The summed E-state index contributed by atoms with van der Waals surface area (Å²) >= 11 is 5.76. The van der Waals surface area contributed by atoms with Gasteiger partial charge in [0.25, 0.3) is 11.6 Å². The van der Waals surface area contributed by atoms with Crippen LogP contribution in [-0.2, 0) is 6.54 Å². The Balaban J connectivity index is 1.82. The number of carbonyl (C=O) groups is 1. The number of halogens is 1. The number of nitro benzene ring substituents is 1. The second-order valence-electron chi connectivity index (χ2n) is 5.04. The van der Waals surface area contributed by atoms with E-state index in [0.29, 0.717) is 5.82 Å². The second kappa shape index (κ2) is 7.10. The average Bonchev–Trinajstić information content (AvgIpc) is 3.14. The largest absolute Gasteiger partial charge is 0.348 e. The summed E-state index contributed by atoms with van der Waals surface area (Å²) in [6.45, 7) is 0.141. The Bertz CT molecular complexity index is 927. The first-order chi connectivity index (χ1) is 12.1. The molecule has 1 amide bonds. The number of pyridine rings is 1. The third kappa shape index (κ3) is 3.64. The number of benzene rings is 1. The van der Waals surface area contributed by atoms with Gasteiger partial charge in [0, 0.05) is 41.8 Å². The molecule has 0 fully saturated rings. The van der Waals surface area contributed by atoms with E-state index in [1.807, 2.05) is 0 Å². The molecule has 0 saturated carbocycles. The summed E-state index contributed by atoms with van der Waals surface area (Å²) < 4.78 is 1.58. The molecule has 25 heavy (non-hydrogen) atoms. The molecule has 2 aromatic heterocycles. The van der Waals surface area contributed by atoms with Gasteiger partial charge in [-0.15, -0.1) is 0 Å². The van der Waals surface area contributed by atoms with E-state index in [1.54, 1.807) is 41.5 Å². The normalized spacial score (nSPS) is 10.4. The van der Waals surface area contributed by atoms with Gasteiger partial charge in [-0.05, 0) is 24.3 Å². The van der Waals surface area contributed by atoms with Crippen LogP contribution in [0.1, 0.15) is 15.9 Å². The quantitative estimate of drug-likeness (QED) is 0.558. The topological polar surface area (TPSA) is 103 Å². The monoisotopic (exact) mass is 357 g/mol. The van der Waals surface area contributed by atoms with Gasteiger partial charge in [-0.25, -0.2) is 9.67 Å². The fourth-order valence-corrected chi connectivity index (χ4v) is 2.45. The van der Waals surface area contributed by atoms with E-state index in [-0.39, 0.29) is 22.8 Å².